The van der Waals surface area contributed by atoms with Crippen LogP contribution in [0.3, 0.4) is 0 Å². The molecular formula is C19H21N3O2S. The van der Waals surface area contributed by atoms with Gasteiger partial charge in [-0.15, -0.1) is 11.3 Å². The van der Waals surface area contributed by atoms with Crippen molar-refractivity contribution in [3.05, 3.63) is 52.9 Å². The number of H-pyrrole nitrogens is 1. The largest absolute Gasteiger partial charge is 0.493 e. The monoisotopic (exact) mass is 355 g/mol. The van der Waals surface area contributed by atoms with Crippen LogP contribution in [-0.2, 0) is 13.1 Å². The number of imidazole rings is 1. The van der Waals surface area contributed by atoms with Crippen molar-refractivity contribution in [3.63, 3.8) is 0 Å². The number of hydrogen-bond acceptors (Lipinski definition) is 5. The van der Waals surface area contributed by atoms with Gasteiger partial charge in [0, 0.05) is 40.8 Å². The van der Waals surface area contributed by atoms with Crippen LogP contribution < -0.4 is 9.47 Å². The molecule has 4 rings (SSSR count). The summed E-state index contributed by atoms with van der Waals surface area (Å²) in [5.74, 6) is 2.64. The first-order valence-corrected chi connectivity index (χ1v) is 9.15. The average molecular weight is 355 g/mol. The van der Waals surface area contributed by atoms with Gasteiger partial charge >= 0.3 is 0 Å². The number of nitrogens with zero attached hydrogens (tertiary/aromatic N) is 2. The van der Waals surface area contributed by atoms with Crippen LogP contribution in [0.25, 0.3) is 10.4 Å². The maximum absolute atomic E-state index is 6.02. The second-order valence-corrected chi connectivity index (χ2v) is 7.46. The highest BCUT2D eigenvalue weighted by Gasteiger charge is 2.21. The molecule has 0 amide bonds. The van der Waals surface area contributed by atoms with Gasteiger partial charge in [0.05, 0.1) is 13.7 Å². The molecule has 1 aliphatic heterocycles. The molecule has 5 nitrogen and oxygen atoms in total. The molecule has 1 aromatic carbocycles. The number of aromatic nitrogens is 2. The van der Waals surface area contributed by atoms with E-state index < -0.39 is 0 Å². The van der Waals surface area contributed by atoms with Gasteiger partial charge in [-0.1, -0.05) is 0 Å². The number of rotatable bonds is 4. The number of methoxy groups -OCH3 is 1. The zero-order valence-electron chi connectivity index (χ0n) is 14.4. The van der Waals surface area contributed by atoms with E-state index in [0.717, 1.165) is 42.5 Å². The lowest BCUT2D eigenvalue weighted by molar-refractivity contribution is 0.213. The SMILES string of the molecule is COc1cc(-c2ccc(C)s2)cc2c1OCCN(Cc1ncc[nH]1)C2. The lowest BCUT2D eigenvalue weighted by atomic mass is 10.1. The summed E-state index contributed by atoms with van der Waals surface area (Å²) < 4.78 is 11.6. The minimum absolute atomic E-state index is 0.640. The van der Waals surface area contributed by atoms with Gasteiger partial charge in [0.15, 0.2) is 11.5 Å². The van der Waals surface area contributed by atoms with E-state index in [-0.39, 0.29) is 0 Å². The quantitative estimate of drug-likeness (QED) is 0.772. The molecule has 0 aliphatic carbocycles. The zero-order chi connectivity index (χ0) is 17.2. The highest BCUT2D eigenvalue weighted by Crippen LogP contribution is 2.40. The molecule has 0 bridgehead atoms. The van der Waals surface area contributed by atoms with Gasteiger partial charge in [-0.2, -0.15) is 0 Å². The van der Waals surface area contributed by atoms with Crippen molar-refractivity contribution in [2.24, 2.45) is 0 Å². The highest BCUT2D eigenvalue weighted by molar-refractivity contribution is 7.15. The Morgan fingerprint density at radius 3 is 3.00 bits per heavy atom. The first-order valence-electron chi connectivity index (χ1n) is 8.34. The van der Waals surface area contributed by atoms with Gasteiger partial charge in [-0.3, -0.25) is 4.90 Å². The Morgan fingerprint density at radius 2 is 2.28 bits per heavy atom. The molecule has 1 aliphatic rings. The number of fused-ring (bicyclic) bond motifs is 1. The van der Waals surface area contributed by atoms with Crippen molar-refractivity contribution in [1.29, 1.82) is 0 Å². The Bertz CT molecular complexity index is 858. The third kappa shape index (κ3) is 3.41. The molecule has 3 aromatic rings. The molecule has 1 N–H and O–H groups in total. The van der Waals surface area contributed by atoms with E-state index in [1.54, 1.807) is 24.6 Å². The predicted molar refractivity (Wildman–Crippen MR) is 99.2 cm³/mol. The predicted octanol–water partition coefficient (Wildman–Crippen LogP) is 3.85. The summed E-state index contributed by atoms with van der Waals surface area (Å²) in [5, 5.41) is 0. The van der Waals surface area contributed by atoms with E-state index in [0.29, 0.717) is 6.61 Å². The van der Waals surface area contributed by atoms with Gasteiger partial charge in [0.2, 0.25) is 0 Å². The Kier molecular flexibility index (Phi) is 4.46. The van der Waals surface area contributed by atoms with Gasteiger partial charge in [-0.05, 0) is 36.8 Å². The molecule has 0 spiro atoms. The molecule has 3 heterocycles. The fraction of sp³-hybridized carbons (Fsp3) is 0.316. The molecule has 130 valence electrons. The fourth-order valence-corrected chi connectivity index (χ4v) is 4.01. The van der Waals surface area contributed by atoms with E-state index in [1.165, 1.54) is 15.3 Å². The Hall–Kier alpha value is -2.31. The summed E-state index contributed by atoms with van der Waals surface area (Å²) >= 11 is 1.80. The standard InChI is InChI=1S/C19H21N3O2S/c1-13-3-4-17(25-13)14-9-15-11-22(12-18-20-5-6-21-18)7-8-24-19(15)16(10-14)23-2/h3-6,9-10H,7-8,11-12H2,1-2H3,(H,20,21). The zero-order valence-corrected chi connectivity index (χ0v) is 15.2. The third-order valence-electron chi connectivity index (χ3n) is 4.35. The normalized spacial score (nSPS) is 14.6. The van der Waals surface area contributed by atoms with Crippen LogP contribution in [0.5, 0.6) is 11.5 Å². The summed E-state index contributed by atoms with van der Waals surface area (Å²) in [6.45, 7) is 5.21. The van der Waals surface area contributed by atoms with Crippen molar-refractivity contribution in [1.82, 2.24) is 14.9 Å². The lowest BCUT2D eigenvalue weighted by Crippen LogP contribution is -2.25. The third-order valence-corrected chi connectivity index (χ3v) is 5.40. The molecule has 0 unspecified atom stereocenters. The topological polar surface area (TPSA) is 50.4 Å². The van der Waals surface area contributed by atoms with Gasteiger partial charge in [0.25, 0.3) is 0 Å². The number of nitrogens with one attached hydrogen (secondary N) is 1. The molecule has 2 aromatic heterocycles. The second kappa shape index (κ2) is 6.90. The molecule has 0 saturated heterocycles. The summed E-state index contributed by atoms with van der Waals surface area (Å²) in [7, 11) is 1.70. The van der Waals surface area contributed by atoms with Gasteiger partial charge < -0.3 is 14.5 Å². The first kappa shape index (κ1) is 16.2. The maximum Gasteiger partial charge on any atom is 0.165 e. The van der Waals surface area contributed by atoms with Crippen LogP contribution in [0.15, 0.2) is 36.7 Å². The fourth-order valence-electron chi connectivity index (χ4n) is 3.15. The summed E-state index contributed by atoms with van der Waals surface area (Å²) in [5.41, 5.74) is 2.33. The number of aromatic amines is 1. The average Bonchev–Trinajstić information content (AvgIpc) is 3.22. The van der Waals surface area contributed by atoms with Crippen molar-refractivity contribution in [2.75, 3.05) is 20.3 Å². The number of thiophene rings is 1. The Morgan fingerprint density at radius 1 is 1.36 bits per heavy atom. The second-order valence-electron chi connectivity index (χ2n) is 6.17. The Labute approximate surface area is 151 Å². The number of benzene rings is 1. The van der Waals surface area contributed by atoms with Crippen molar-refractivity contribution in [2.45, 2.75) is 20.0 Å². The molecule has 0 radical (unpaired) electrons. The molecular weight excluding hydrogens is 334 g/mol. The number of ether oxygens (including phenoxy) is 2. The number of hydrogen-bond donors (Lipinski definition) is 1. The summed E-state index contributed by atoms with van der Waals surface area (Å²) in [4.78, 5) is 12.4. The van der Waals surface area contributed by atoms with Crippen molar-refractivity contribution >= 4 is 11.3 Å². The number of aryl methyl sites for hydroxylation is 1. The van der Waals surface area contributed by atoms with Crippen LogP contribution in [0.1, 0.15) is 16.3 Å². The van der Waals surface area contributed by atoms with Gasteiger partial charge in [0.1, 0.15) is 12.4 Å². The van der Waals surface area contributed by atoms with Crippen LogP contribution in [0.2, 0.25) is 0 Å². The van der Waals surface area contributed by atoms with Crippen molar-refractivity contribution < 1.29 is 9.47 Å². The lowest BCUT2D eigenvalue weighted by Gasteiger charge is -2.18. The smallest absolute Gasteiger partial charge is 0.165 e. The van der Waals surface area contributed by atoms with Crippen molar-refractivity contribution in [3.8, 4) is 21.9 Å². The highest BCUT2D eigenvalue weighted by atomic mass is 32.1. The van der Waals surface area contributed by atoms with E-state index in [4.69, 9.17) is 9.47 Å². The first-order chi connectivity index (χ1) is 12.2. The van der Waals surface area contributed by atoms with Gasteiger partial charge in [-0.25, -0.2) is 4.98 Å². The van der Waals surface area contributed by atoms with Crippen LogP contribution >= 0.6 is 11.3 Å². The van der Waals surface area contributed by atoms with E-state index in [2.05, 4.69) is 46.1 Å². The van der Waals surface area contributed by atoms with E-state index >= 15 is 0 Å². The van der Waals surface area contributed by atoms with Crippen LogP contribution in [0.4, 0.5) is 0 Å². The van der Waals surface area contributed by atoms with E-state index in [1.807, 2.05) is 6.20 Å². The Balaban J connectivity index is 1.68. The summed E-state index contributed by atoms with van der Waals surface area (Å²) in [6.07, 6.45) is 3.65. The maximum atomic E-state index is 6.02. The molecule has 25 heavy (non-hydrogen) atoms. The molecule has 6 heteroatoms. The minimum Gasteiger partial charge on any atom is -0.493 e. The molecule has 0 atom stereocenters. The van der Waals surface area contributed by atoms with Crippen LogP contribution in [0, 0.1) is 6.92 Å². The molecule has 0 fully saturated rings. The summed E-state index contributed by atoms with van der Waals surface area (Å²) in [6, 6.07) is 8.62. The molecule has 0 saturated carbocycles. The van der Waals surface area contributed by atoms with Crippen LogP contribution in [-0.4, -0.2) is 35.1 Å². The minimum atomic E-state index is 0.640. The van der Waals surface area contributed by atoms with E-state index in [9.17, 15) is 0 Å².